The van der Waals surface area contributed by atoms with Crippen LogP contribution in [0.4, 0.5) is 5.82 Å². The Hall–Kier alpha value is -1.62. The van der Waals surface area contributed by atoms with Crippen LogP contribution in [0.5, 0.6) is 0 Å². The smallest absolute Gasteiger partial charge is 0.339 e. The molecule has 1 saturated heterocycles. The van der Waals surface area contributed by atoms with Crippen molar-refractivity contribution in [3.05, 3.63) is 23.4 Å². The Morgan fingerprint density at radius 2 is 2.20 bits per heavy atom. The molecule has 20 heavy (non-hydrogen) atoms. The van der Waals surface area contributed by atoms with Crippen LogP contribution in [0, 0.1) is 6.92 Å². The first-order chi connectivity index (χ1) is 9.58. The van der Waals surface area contributed by atoms with Crippen molar-refractivity contribution in [2.45, 2.75) is 33.2 Å². The number of hydrogen-bond acceptors (Lipinski definition) is 4. The number of carboxylic acid groups (broad SMARTS) is 1. The third kappa shape index (κ3) is 2.77. The van der Waals surface area contributed by atoms with Gasteiger partial charge in [-0.1, -0.05) is 13.8 Å². The molecule has 1 N–H and O–H groups in total. The van der Waals surface area contributed by atoms with Crippen molar-refractivity contribution >= 4 is 11.8 Å². The van der Waals surface area contributed by atoms with E-state index in [9.17, 15) is 9.90 Å². The second kappa shape index (κ2) is 6.22. The summed E-state index contributed by atoms with van der Waals surface area (Å²) < 4.78 is 0. The van der Waals surface area contributed by atoms with Gasteiger partial charge in [0.1, 0.15) is 11.4 Å². The van der Waals surface area contributed by atoms with Crippen molar-refractivity contribution < 1.29 is 9.90 Å². The van der Waals surface area contributed by atoms with Crippen molar-refractivity contribution in [1.82, 2.24) is 9.88 Å². The van der Waals surface area contributed by atoms with Crippen LogP contribution in [0.1, 0.15) is 36.2 Å². The fraction of sp³-hybridized carbons (Fsp3) is 0.600. The summed E-state index contributed by atoms with van der Waals surface area (Å²) in [5.74, 6) is -0.274. The standard InChI is InChI=1S/C15H23N3O2/c1-4-17(5-2)12-7-9-18(10-12)14-13(15(19)20)11(3)6-8-16-14/h6,8,12H,4-5,7,9-10H2,1-3H3,(H,19,20). The van der Waals surface area contributed by atoms with Crippen molar-refractivity contribution in [2.24, 2.45) is 0 Å². The van der Waals surface area contributed by atoms with Gasteiger partial charge in [0.05, 0.1) is 0 Å². The zero-order valence-corrected chi connectivity index (χ0v) is 12.5. The molecule has 1 fully saturated rings. The maximum Gasteiger partial charge on any atom is 0.339 e. The number of carboxylic acids is 1. The summed E-state index contributed by atoms with van der Waals surface area (Å²) in [6, 6.07) is 2.25. The number of anilines is 1. The largest absolute Gasteiger partial charge is 0.478 e. The minimum Gasteiger partial charge on any atom is -0.478 e. The first kappa shape index (κ1) is 14.8. The molecule has 0 amide bonds. The highest BCUT2D eigenvalue weighted by Gasteiger charge is 2.29. The number of likely N-dealkylation sites (N-methyl/N-ethyl adjacent to an activating group) is 1. The molecule has 1 aromatic rings. The predicted octanol–water partition coefficient (Wildman–Crippen LogP) is 2.01. The van der Waals surface area contributed by atoms with Crippen molar-refractivity contribution in [1.29, 1.82) is 0 Å². The average molecular weight is 277 g/mol. The number of aryl methyl sites for hydroxylation is 1. The lowest BCUT2D eigenvalue weighted by molar-refractivity contribution is 0.0696. The van der Waals surface area contributed by atoms with E-state index in [0.717, 1.165) is 38.2 Å². The van der Waals surface area contributed by atoms with Gasteiger partial charge in [0.25, 0.3) is 0 Å². The first-order valence-electron chi connectivity index (χ1n) is 7.26. The number of hydrogen-bond donors (Lipinski definition) is 1. The first-order valence-corrected chi connectivity index (χ1v) is 7.26. The topological polar surface area (TPSA) is 56.7 Å². The molecule has 5 heteroatoms. The van der Waals surface area contributed by atoms with E-state index in [1.165, 1.54) is 0 Å². The molecule has 5 nitrogen and oxygen atoms in total. The zero-order chi connectivity index (χ0) is 14.7. The predicted molar refractivity (Wildman–Crippen MR) is 79.5 cm³/mol. The number of aromatic carboxylic acids is 1. The lowest BCUT2D eigenvalue weighted by atomic mass is 10.1. The van der Waals surface area contributed by atoms with Gasteiger partial charge in [-0.2, -0.15) is 0 Å². The van der Waals surface area contributed by atoms with Crippen molar-refractivity contribution in [3.63, 3.8) is 0 Å². The van der Waals surface area contributed by atoms with Gasteiger partial charge >= 0.3 is 5.97 Å². The Kier molecular flexibility index (Phi) is 4.60. The Bertz CT molecular complexity index is 486. The van der Waals surface area contributed by atoms with Crippen molar-refractivity contribution in [2.75, 3.05) is 31.1 Å². The Morgan fingerprint density at radius 3 is 2.80 bits per heavy atom. The van der Waals surface area contributed by atoms with Crippen LogP contribution in [-0.2, 0) is 0 Å². The van der Waals surface area contributed by atoms with Gasteiger partial charge in [0.2, 0.25) is 0 Å². The van der Waals surface area contributed by atoms with E-state index in [1.807, 2.05) is 6.92 Å². The molecule has 2 heterocycles. The monoisotopic (exact) mass is 277 g/mol. The van der Waals surface area contributed by atoms with E-state index in [1.54, 1.807) is 12.3 Å². The van der Waals surface area contributed by atoms with Crippen LogP contribution >= 0.6 is 0 Å². The summed E-state index contributed by atoms with van der Waals surface area (Å²) in [6.45, 7) is 9.95. The highest BCUT2D eigenvalue weighted by atomic mass is 16.4. The number of nitrogens with zero attached hydrogens (tertiary/aromatic N) is 3. The molecule has 0 saturated carbocycles. The molecule has 0 aromatic carbocycles. The molecule has 1 aliphatic rings. The average Bonchev–Trinajstić information content (AvgIpc) is 2.89. The molecule has 1 aliphatic heterocycles. The van der Waals surface area contributed by atoms with Gasteiger partial charge < -0.3 is 10.0 Å². The highest BCUT2D eigenvalue weighted by Crippen LogP contribution is 2.26. The zero-order valence-electron chi connectivity index (χ0n) is 12.5. The summed E-state index contributed by atoms with van der Waals surface area (Å²) in [5.41, 5.74) is 1.11. The summed E-state index contributed by atoms with van der Waals surface area (Å²) >= 11 is 0. The van der Waals surface area contributed by atoms with Crippen LogP contribution in [0.25, 0.3) is 0 Å². The maximum absolute atomic E-state index is 11.4. The minimum atomic E-state index is -0.892. The third-order valence-corrected chi connectivity index (χ3v) is 4.14. The van der Waals surface area contributed by atoms with E-state index in [-0.39, 0.29) is 0 Å². The second-order valence-electron chi connectivity index (χ2n) is 5.24. The molecule has 110 valence electrons. The molecule has 0 bridgehead atoms. The molecule has 0 radical (unpaired) electrons. The van der Waals surface area contributed by atoms with E-state index >= 15 is 0 Å². The maximum atomic E-state index is 11.4. The fourth-order valence-electron chi connectivity index (χ4n) is 3.02. The minimum absolute atomic E-state index is 0.340. The quantitative estimate of drug-likeness (QED) is 0.892. The molecule has 1 aromatic heterocycles. The Balaban J connectivity index is 2.22. The van der Waals surface area contributed by atoms with E-state index < -0.39 is 5.97 Å². The van der Waals surface area contributed by atoms with Gasteiger partial charge in [-0.25, -0.2) is 9.78 Å². The summed E-state index contributed by atoms with van der Waals surface area (Å²) in [6.07, 6.45) is 2.76. The molecule has 0 spiro atoms. The van der Waals surface area contributed by atoms with E-state index in [0.29, 0.717) is 17.4 Å². The van der Waals surface area contributed by atoms with Crippen molar-refractivity contribution in [3.8, 4) is 0 Å². The van der Waals surface area contributed by atoms with Gasteiger partial charge in [0.15, 0.2) is 0 Å². The molecule has 0 aliphatic carbocycles. The Labute approximate surface area is 120 Å². The summed E-state index contributed by atoms with van der Waals surface area (Å²) in [7, 11) is 0. The van der Waals surface area contributed by atoms with E-state index in [4.69, 9.17) is 0 Å². The molecule has 1 unspecified atom stereocenters. The number of carbonyl (C=O) groups is 1. The second-order valence-corrected chi connectivity index (χ2v) is 5.24. The fourth-order valence-corrected chi connectivity index (χ4v) is 3.02. The summed E-state index contributed by atoms with van der Waals surface area (Å²) in [5, 5.41) is 9.40. The number of rotatable bonds is 5. The third-order valence-electron chi connectivity index (χ3n) is 4.14. The molecular weight excluding hydrogens is 254 g/mol. The van der Waals surface area contributed by atoms with Gasteiger partial charge in [-0.3, -0.25) is 4.90 Å². The lowest BCUT2D eigenvalue weighted by Crippen LogP contribution is -2.37. The van der Waals surface area contributed by atoms with Gasteiger partial charge in [0, 0.05) is 25.3 Å². The Morgan fingerprint density at radius 1 is 1.50 bits per heavy atom. The van der Waals surface area contributed by atoms with Gasteiger partial charge in [-0.15, -0.1) is 0 Å². The van der Waals surface area contributed by atoms with Crippen LogP contribution in [0.2, 0.25) is 0 Å². The van der Waals surface area contributed by atoms with Crippen LogP contribution in [0.3, 0.4) is 0 Å². The highest BCUT2D eigenvalue weighted by molar-refractivity contribution is 5.95. The molecular formula is C15H23N3O2. The SMILES string of the molecule is CCN(CC)C1CCN(c2nccc(C)c2C(=O)O)C1. The normalized spacial score (nSPS) is 18.8. The van der Waals surface area contributed by atoms with Crippen LogP contribution in [0.15, 0.2) is 12.3 Å². The molecule has 1 atom stereocenters. The van der Waals surface area contributed by atoms with Crippen LogP contribution < -0.4 is 4.90 Å². The lowest BCUT2D eigenvalue weighted by Gasteiger charge is -2.26. The van der Waals surface area contributed by atoms with E-state index in [2.05, 4.69) is 28.6 Å². The van der Waals surface area contributed by atoms with Crippen LogP contribution in [-0.4, -0.2) is 53.2 Å². The number of pyridine rings is 1. The van der Waals surface area contributed by atoms with Gasteiger partial charge in [-0.05, 0) is 38.1 Å². The number of aromatic nitrogens is 1. The summed E-state index contributed by atoms with van der Waals surface area (Å²) in [4.78, 5) is 20.3. The molecule has 2 rings (SSSR count).